The van der Waals surface area contributed by atoms with Crippen molar-refractivity contribution in [2.45, 2.75) is 12.4 Å². The summed E-state index contributed by atoms with van der Waals surface area (Å²) in [6, 6.07) is 4.67. The van der Waals surface area contributed by atoms with Gasteiger partial charge in [-0.15, -0.1) is 0 Å². The first-order chi connectivity index (χ1) is 12.3. The summed E-state index contributed by atoms with van der Waals surface area (Å²) in [5.74, 6) is -1.52. The minimum Gasteiger partial charge on any atom is -0.507 e. The largest absolute Gasteiger partial charge is 0.507 e. The molecule has 0 radical (unpaired) electrons. The van der Waals surface area contributed by atoms with Crippen molar-refractivity contribution in [1.29, 1.82) is 0 Å². The zero-order valence-corrected chi connectivity index (χ0v) is 14.0. The van der Waals surface area contributed by atoms with Crippen molar-refractivity contribution >= 4 is 17.3 Å². The Morgan fingerprint density at radius 2 is 1.44 bits per heavy atom. The van der Waals surface area contributed by atoms with E-state index in [1.807, 2.05) is 5.32 Å². The first-order valence-corrected chi connectivity index (χ1v) is 7.40. The molecule has 0 bridgehead atoms. The first kappa shape index (κ1) is 20.4. The van der Waals surface area contributed by atoms with Gasteiger partial charge in [-0.1, -0.05) is 0 Å². The van der Waals surface area contributed by atoms with E-state index in [0.717, 1.165) is 0 Å². The monoisotopic (exact) mass is 392 g/mol. The van der Waals surface area contributed by atoms with Crippen LogP contribution in [0.2, 0.25) is 0 Å². The molecule has 0 aliphatic carbocycles. The SMILES string of the molecule is CN(C)c1ccc(O)c(C(=O)Nc2cc(C(F)(F)F)cc(C(F)(F)F)c2)c1. The van der Waals surface area contributed by atoms with Crippen LogP contribution in [0.25, 0.3) is 0 Å². The highest BCUT2D eigenvalue weighted by Gasteiger charge is 2.37. The van der Waals surface area contributed by atoms with Crippen molar-refractivity contribution in [2.75, 3.05) is 24.3 Å². The van der Waals surface area contributed by atoms with Crippen LogP contribution in [0.15, 0.2) is 36.4 Å². The number of benzene rings is 2. The number of hydrogen-bond acceptors (Lipinski definition) is 3. The number of nitrogens with zero attached hydrogens (tertiary/aromatic N) is 1. The van der Waals surface area contributed by atoms with Crippen LogP contribution in [0.4, 0.5) is 37.7 Å². The van der Waals surface area contributed by atoms with E-state index in [-0.39, 0.29) is 11.6 Å². The van der Waals surface area contributed by atoms with Crippen LogP contribution in [-0.2, 0) is 12.4 Å². The van der Waals surface area contributed by atoms with Gasteiger partial charge >= 0.3 is 12.4 Å². The van der Waals surface area contributed by atoms with Crippen LogP contribution in [0.5, 0.6) is 5.75 Å². The fraction of sp³-hybridized carbons (Fsp3) is 0.235. The molecule has 0 fully saturated rings. The molecule has 0 aromatic heterocycles. The molecule has 0 saturated heterocycles. The fourth-order valence-corrected chi connectivity index (χ4v) is 2.21. The molecular formula is C17H14F6N2O2. The molecule has 0 spiro atoms. The summed E-state index contributed by atoms with van der Waals surface area (Å²) in [5, 5.41) is 11.8. The van der Waals surface area contributed by atoms with E-state index < -0.39 is 40.8 Å². The van der Waals surface area contributed by atoms with Gasteiger partial charge in [-0.3, -0.25) is 4.79 Å². The second-order valence-corrected chi connectivity index (χ2v) is 5.84. The zero-order valence-electron chi connectivity index (χ0n) is 14.0. The fourth-order valence-electron chi connectivity index (χ4n) is 2.21. The minimum atomic E-state index is -5.03. The molecule has 2 rings (SSSR count). The van der Waals surface area contributed by atoms with Crippen LogP contribution in [0.3, 0.4) is 0 Å². The van der Waals surface area contributed by atoms with Crippen molar-refractivity contribution in [3.8, 4) is 5.75 Å². The van der Waals surface area contributed by atoms with Crippen LogP contribution in [0, 0.1) is 0 Å². The summed E-state index contributed by atoms with van der Waals surface area (Å²) >= 11 is 0. The number of phenols is 1. The number of aromatic hydroxyl groups is 1. The lowest BCUT2D eigenvalue weighted by molar-refractivity contribution is -0.143. The third kappa shape index (κ3) is 4.83. The van der Waals surface area contributed by atoms with Gasteiger partial charge in [0.05, 0.1) is 16.7 Å². The second-order valence-electron chi connectivity index (χ2n) is 5.84. The lowest BCUT2D eigenvalue weighted by Crippen LogP contribution is -2.17. The number of nitrogens with one attached hydrogen (secondary N) is 1. The molecule has 0 atom stereocenters. The van der Waals surface area contributed by atoms with Crippen molar-refractivity contribution in [2.24, 2.45) is 0 Å². The summed E-state index contributed by atoms with van der Waals surface area (Å²) in [7, 11) is 3.30. The van der Waals surface area contributed by atoms with Gasteiger partial charge in [0.25, 0.3) is 5.91 Å². The molecule has 2 aromatic rings. The maximum atomic E-state index is 12.9. The lowest BCUT2D eigenvalue weighted by Gasteiger charge is -2.16. The van der Waals surface area contributed by atoms with Crippen LogP contribution in [-0.4, -0.2) is 25.1 Å². The summed E-state index contributed by atoms with van der Waals surface area (Å²) in [6.45, 7) is 0. The molecule has 4 nitrogen and oxygen atoms in total. The molecular weight excluding hydrogens is 378 g/mol. The average molecular weight is 392 g/mol. The van der Waals surface area contributed by atoms with Gasteiger partial charge in [-0.25, -0.2) is 0 Å². The maximum Gasteiger partial charge on any atom is 0.416 e. The van der Waals surface area contributed by atoms with E-state index in [9.17, 15) is 36.2 Å². The molecule has 0 aliphatic rings. The van der Waals surface area contributed by atoms with Crippen LogP contribution in [0.1, 0.15) is 21.5 Å². The number of alkyl halides is 6. The summed E-state index contributed by atoms with van der Waals surface area (Å²) in [4.78, 5) is 13.9. The molecule has 2 aromatic carbocycles. The second kappa shape index (κ2) is 7.01. The predicted molar refractivity (Wildman–Crippen MR) is 86.8 cm³/mol. The number of carbonyl (C=O) groups excluding carboxylic acids is 1. The highest BCUT2D eigenvalue weighted by Crippen LogP contribution is 2.37. The van der Waals surface area contributed by atoms with Crippen LogP contribution >= 0.6 is 0 Å². The highest BCUT2D eigenvalue weighted by atomic mass is 19.4. The molecule has 0 aliphatic heterocycles. The van der Waals surface area contributed by atoms with Gasteiger partial charge in [-0.05, 0) is 36.4 Å². The highest BCUT2D eigenvalue weighted by molar-refractivity contribution is 6.06. The molecule has 2 N–H and O–H groups in total. The van der Waals surface area contributed by atoms with Gasteiger partial charge in [0, 0.05) is 25.5 Å². The standard InChI is InChI=1S/C17H14F6N2O2/c1-25(2)12-3-4-14(26)13(8-12)15(27)24-11-6-9(16(18,19)20)5-10(7-11)17(21,22)23/h3-8,26H,1-2H3,(H,24,27). The Balaban J connectivity index is 2.45. The summed E-state index contributed by atoms with van der Waals surface area (Å²) in [6.07, 6.45) is -10.1. The molecule has 10 heteroatoms. The molecule has 146 valence electrons. The van der Waals surface area contributed by atoms with Gasteiger partial charge in [0.2, 0.25) is 0 Å². The van der Waals surface area contributed by atoms with Gasteiger partial charge < -0.3 is 15.3 Å². The van der Waals surface area contributed by atoms with Gasteiger partial charge in [-0.2, -0.15) is 26.3 Å². The van der Waals surface area contributed by atoms with Gasteiger partial charge in [0.15, 0.2) is 0 Å². The Hall–Kier alpha value is -2.91. The Bertz CT molecular complexity index is 827. The number of halogens is 6. The molecule has 1 amide bonds. The number of anilines is 2. The quantitative estimate of drug-likeness (QED) is 0.742. The van der Waals surface area contributed by atoms with Gasteiger partial charge in [0.1, 0.15) is 5.75 Å². The number of hydrogen-bond donors (Lipinski definition) is 2. The zero-order chi connectivity index (χ0) is 20.6. The Labute approximate surface area is 150 Å². The lowest BCUT2D eigenvalue weighted by atomic mass is 10.1. The Morgan fingerprint density at radius 1 is 0.926 bits per heavy atom. The average Bonchev–Trinajstić information content (AvgIpc) is 2.53. The molecule has 0 saturated carbocycles. The van der Waals surface area contributed by atoms with Crippen molar-refractivity contribution in [3.63, 3.8) is 0 Å². The van der Waals surface area contributed by atoms with Crippen molar-refractivity contribution in [1.82, 2.24) is 0 Å². The van der Waals surface area contributed by atoms with E-state index >= 15 is 0 Å². The van der Waals surface area contributed by atoms with Crippen molar-refractivity contribution in [3.05, 3.63) is 53.1 Å². The molecule has 0 unspecified atom stereocenters. The maximum absolute atomic E-state index is 12.9. The van der Waals surface area contributed by atoms with E-state index in [1.54, 1.807) is 19.0 Å². The van der Waals surface area contributed by atoms with Crippen LogP contribution < -0.4 is 10.2 Å². The molecule has 27 heavy (non-hydrogen) atoms. The summed E-state index contributed by atoms with van der Waals surface area (Å²) < 4.78 is 77.3. The van der Waals surface area contributed by atoms with Crippen molar-refractivity contribution < 1.29 is 36.2 Å². The number of phenolic OH excluding ortho intramolecular Hbond substituents is 1. The first-order valence-electron chi connectivity index (χ1n) is 7.40. The number of rotatable bonds is 3. The van der Waals surface area contributed by atoms with E-state index in [0.29, 0.717) is 17.8 Å². The number of carbonyl (C=O) groups is 1. The van der Waals surface area contributed by atoms with E-state index in [1.165, 1.54) is 18.2 Å². The van der Waals surface area contributed by atoms with E-state index in [2.05, 4.69) is 0 Å². The van der Waals surface area contributed by atoms with E-state index in [4.69, 9.17) is 0 Å². The third-order valence-corrected chi connectivity index (χ3v) is 3.59. The predicted octanol–water partition coefficient (Wildman–Crippen LogP) is 4.75. The normalized spacial score (nSPS) is 12.0. The Morgan fingerprint density at radius 3 is 1.89 bits per heavy atom. The minimum absolute atomic E-state index is 0.0419. The summed E-state index contributed by atoms with van der Waals surface area (Å²) in [5.41, 5.74) is -3.61. The number of amides is 1. The molecule has 0 heterocycles. The topological polar surface area (TPSA) is 52.6 Å². The Kier molecular flexibility index (Phi) is 5.30. The third-order valence-electron chi connectivity index (χ3n) is 3.59. The smallest absolute Gasteiger partial charge is 0.416 e.